The van der Waals surface area contributed by atoms with E-state index in [-0.39, 0.29) is 29.5 Å². The van der Waals surface area contributed by atoms with Crippen LogP contribution in [0, 0.1) is 5.92 Å². The second-order valence-electron chi connectivity index (χ2n) is 8.61. The zero-order chi connectivity index (χ0) is 25.1. The summed E-state index contributed by atoms with van der Waals surface area (Å²) >= 11 is 0. The first-order valence-electron chi connectivity index (χ1n) is 11.4. The summed E-state index contributed by atoms with van der Waals surface area (Å²) < 4.78 is 16.2. The third-order valence-corrected chi connectivity index (χ3v) is 6.15. The highest BCUT2D eigenvalue weighted by Crippen LogP contribution is 2.46. The maximum atomic E-state index is 13.0. The molecule has 0 spiro atoms. The van der Waals surface area contributed by atoms with Crippen molar-refractivity contribution in [2.75, 3.05) is 7.11 Å². The number of aromatic nitrogens is 1. The zero-order valence-corrected chi connectivity index (χ0v) is 20.1. The van der Waals surface area contributed by atoms with E-state index in [2.05, 4.69) is 29.2 Å². The standard InChI is InChI=1S/C28H27NO6/c1-16(15-23(31)26-27(35-18(3)30)24(33-4)13-14-29-26)28(32)34-17(2)25-21-11-7-5-9-19(21)20-10-6-8-12-22(20)25/h5-14,16-17,25H,15H2,1-4H3/t16-,17?/m1/s1. The van der Waals surface area contributed by atoms with E-state index >= 15 is 0 Å². The van der Waals surface area contributed by atoms with Crippen LogP contribution in [0.1, 0.15) is 54.7 Å². The van der Waals surface area contributed by atoms with Gasteiger partial charge in [-0.3, -0.25) is 14.4 Å². The molecule has 1 aliphatic rings. The number of hydrogen-bond donors (Lipinski definition) is 0. The smallest absolute Gasteiger partial charge is 0.309 e. The molecule has 0 bridgehead atoms. The van der Waals surface area contributed by atoms with Crippen molar-refractivity contribution in [3.05, 3.63) is 77.6 Å². The Balaban J connectivity index is 1.49. The predicted molar refractivity (Wildman–Crippen MR) is 129 cm³/mol. The molecular weight excluding hydrogens is 446 g/mol. The largest absolute Gasteiger partial charge is 0.493 e. The van der Waals surface area contributed by atoms with Crippen LogP contribution < -0.4 is 9.47 Å². The van der Waals surface area contributed by atoms with E-state index in [1.807, 2.05) is 31.2 Å². The highest BCUT2D eigenvalue weighted by atomic mass is 16.6. The fourth-order valence-corrected chi connectivity index (χ4v) is 4.56. The lowest BCUT2D eigenvalue weighted by atomic mass is 9.92. The van der Waals surface area contributed by atoms with Gasteiger partial charge in [0.1, 0.15) is 6.10 Å². The van der Waals surface area contributed by atoms with Crippen LogP contribution in [0.4, 0.5) is 0 Å². The Bertz CT molecular complexity index is 1240. The van der Waals surface area contributed by atoms with Crippen molar-refractivity contribution in [2.24, 2.45) is 5.92 Å². The molecule has 4 rings (SSSR count). The lowest BCUT2D eigenvalue weighted by molar-refractivity contribution is -0.153. The lowest BCUT2D eigenvalue weighted by Gasteiger charge is -2.23. The minimum absolute atomic E-state index is 0.0550. The summed E-state index contributed by atoms with van der Waals surface area (Å²) in [6.07, 6.45) is 0.799. The number of carbonyl (C=O) groups is 3. The molecule has 0 aliphatic heterocycles. The van der Waals surface area contributed by atoms with Crippen LogP contribution >= 0.6 is 0 Å². The molecule has 0 radical (unpaired) electrons. The minimum atomic E-state index is -0.727. The Morgan fingerprint density at radius 1 is 0.943 bits per heavy atom. The summed E-state index contributed by atoms with van der Waals surface area (Å²) in [5, 5.41) is 0. The molecule has 35 heavy (non-hydrogen) atoms. The summed E-state index contributed by atoms with van der Waals surface area (Å²) in [6, 6.07) is 17.7. The number of pyridine rings is 1. The summed E-state index contributed by atoms with van der Waals surface area (Å²) in [6.45, 7) is 4.73. The third-order valence-electron chi connectivity index (χ3n) is 6.15. The number of hydrogen-bond acceptors (Lipinski definition) is 7. The molecule has 0 N–H and O–H groups in total. The fourth-order valence-electron chi connectivity index (χ4n) is 4.56. The Morgan fingerprint density at radius 2 is 1.54 bits per heavy atom. The van der Waals surface area contributed by atoms with Crippen molar-refractivity contribution in [1.82, 2.24) is 4.98 Å². The maximum absolute atomic E-state index is 13.0. The van der Waals surface area contributed by atoms with Crippen LogP contribution in [0.2, 0.25) is 0 Å². The SMILES string of the molecule is COc1ccnc(C(=O)C[C@@H](C)C(=O)OC(C)C2c3ccccc3-c3ccccc32)c1OC(C)=O. The number of nitrogens with zero attached hydrogens (tertiary/aromatic N) is 1. The van der Waals surface area contributed by atoms with Crippen molar-refractivity contribution in [3.8, 4) is 22.6 Å². The van der Waals surface area contributed by atoms with Crippen LogP contribution in [0.15, 0.2) is 60.8 Å². The lowest BCUT2D eigenvalue weighted by Crippen LogP contribution is -2.27. The molecule has 0 saturated carbocycles. The van der Waals surface area contributed by atoms with E-state index < -0.39 is 29.7 Å². The van der Waals surface area contributed by atoms with E-state index in [0.29, 0.717) is 0 Å². The molecule has 2 aromatic carbocycles. The van der Waals surface area contributed by atoms with Crippen molar-refractivity contribution in [2.45, 2.75) is 39.2 Å². The molecule has 1 aliphatic carbocycles. The molecule has 0 saturated heterocycles. The molecule has 2 atom stereocenters. The number of ether oxygens (including phenoxy) is 3. The normalized spacial score (nSPS) is 13.8. The number of benzene rings is 2. The van der Waals surface area contributed by atoms with Gasteiger partial charge in [-0.05, 0) is 29.2 Å². The van der Waals surface area contributed by atoms with E-state index in [4.69, 9.17) is 14.2 Å². The van der Waals surface area contributed by atoms with Crippen LogP contribution in [0.3, 0.4) is 0 Å². The van der Waals surface area contributed by atoms with Gasteiger partial charge in [-0.1, -0.05) is 55.5 Å². The molecule has 180 valence electrons. The van der Waals surface area contributed by atoms with Crippen molar-refractivity contribution in [1.29, 1.82) is 0 Å². The van der Waals surface area contributed by atoms with E-state index in [0.717, 1.165) is 22.3 Å². The number of Topliss-reactive ketones (excluding diaryl/α,β-unsaturated/α-hetero) is 1. The van der Waals surface area contributed by atoms with Crippen LogP contribution in [-0.2, 0) is 14.3 Å². The highest BCUT2D eigenvalue weighted by Gasteiger charge is 2.35. The molecule has 3 aromatic rings. The fraction of sp³-hybridized carbons (Fsp3) is 0.286. The van der Waals surface area contributed by atoms with Crippen LogP contribution in [-0.4, -0.2) is 35.9 Å². The number of methoxy groups -OCH3 is 1. The number of rotatable bonds is 8. The molecular formula is C28H27NO6. The van der Waals surface area contributed by atoms with E-state index in [1.165, 1.54) is 26.3 Å². The monoisotopic (exact) mass is 473 g/mol. The molecule has 7 nitrogen and oxygen atoms in total. The third kappa shape index (κ3) is 4.80. The Labute approximate surface area is 204 Å². The average Bonchev–Trinajstić information content (AvgIpc) is 3.18. The van der Waals surface area contributed by atoms with Gasteiger partial charge in [-0.25, -0.2) is 4.98 Å². The summed E-state index contributed by atoms with van der Waals surface area (Å²) in [7, 11) is 1.40. The molecule has 0 amide bonds. The molecule has 1 aromatic heterocycles. The van der Waals surface area contributed by atoms with Gasteiger partial charge in [-0.15, -0.1) is 0 Å². The number of ketones is 1. The van der Waals surface area contributed by atoms with Crippen LogP contribution in [0.25, 0.3) is 11.1 Å². The molecule has 7 heteroatoms. The zero-order valence-electron chi connectivity index (χ0n) is 20.1. The van der Waals surface area contributed by atoms with Gasteiger partial charge in [0.2, 0.25) is 5.75 Å². The second-order valence-corrected chi connectivity index (χ2v) is 8.61. The Hall–Kier alpha value is -4.00. The molecule has 1 unspecified atom stereocenters. The number of esters is 2. The quantitative estimate of drug-likeness (QED) is 0.337. The minimum Gasteiger partial charge on any atom is -0.493 e. The van der Waals surface area contributed by atoms with Gasteiger partial charge in [-0.2, -0.15) is 0 Å². The van der Waals surface area contributed by atoms with Gasteiger partial charge >= 0.3 is 11.9 Å². The van der Waals surface area contributed by atoms with Crippen molar-refractivity contribution >= 4 is 17.7 Å². The van der Waals surface area contributed by atoms with Gasteiger partial charge in [0.05, 0.1) is 13.0 Å². The highest BCUT2D eigenvalue weighted by molar-refractivity contribution is 6.00. The topological polar surface area (TPSA) is 91.8 Å². The van der Waals surface area contributed by atoms with Crippen molar-refractivity contribution in [3.63, 3.8) is 0 Å². The first-order valence-corrected chi connectivity index (χ1v) is 11.4. The summed E-state index contributed by atoms with van der Waals surface area (Å²) in [5.41, 5.74) is 4.45. The van der Waals surface area contributed by atoms with E-state index in [1.54, 1.807) is 6.92 Å². The van der Waals surface area contributed by atoms with E-state index in [9.17, 15) is 14.4 Å². The number of carbonyl (C=O) groups excluding carboxylic acids is 3. The van der Waals surface area contributed by atoms with Gasteiger partial charge < -0.3 is 14.2 Å². The first kappa shape index (κ1) is 24.1. The number of fused-ring (bicyclic) bond motifs is 3. The van der Waals surface area contributed by atoms with Gasteiger partial charge in [0.25, 0.3) is 0 Å². The van der Waals surface area contributed by atoms with Gasteiger partial charge in [0, 0.05) is 31.5 Å². The molecule has 1 heterocycles. The maximum Gasteiger partial charge on any atom is 0.309 e. The Morgan fingerprint density at radius 3 is 2.11 bits per heavy atom. The summed E-state index contributed by atoms with van der Waals surface area (Å²) in [5.74, 6) is -2.20. The molecule has 0 fully saturated rings. The van der Waals surface area contributed by atoms with Crippen molar-refractivity contribution < 1.29 is 28.6 Å². The first-order chi connectivity index (χ1) is 16.8. The average molecular weight is 474 g/mol. The Kier molecular flexibility index (Phi) is 6.96. The van der Waals surface area contributed by atoms with Crippen LogP contribution in [0.5, 0.6) is 11.5 Å². The summed E-state index contributed by atoms with van der Waals surface area (Å²) in [4.78, 5) is 41.5. The van der Waals surface area contributed by atoms with Gasteiger partial charge in [0.15, 0.2) is 17.2 Å². The second kappa shape index (κ2) is 10.1. The predicted octanol–water partition coefficient (Wildman–Crippen LogP) is 4.97.